The van der Waals surface area contributed by atoms with Crippen LogP contribution in [0.15, 0.2) is 0 Å². The van der Waals surface area contributed by atoms with E-state index in [1.165, 1.54) is 5.55 Å². The first kappa shape index (κ1) is 11.2. The molecular formula is C3H7Cl2NOS. The molecule has 0 aliphatic carbocycles. The fourth-order valence-corrected chi connectivity index (χ4v) is 0.975. The Balaban J connectivity index is 0. The van der Waals surface area contributed by atoms with Crippen molar-refractivity contribution in [2.75, 3.05) is 14.1 Å². The molecule has 1 atom stereocenters. The average Bonchev–Trinajstić information content (AvgIpc) is 1.27. The standard InChI is InChI=1S/C3H7ClNOS.ClH/c1-5(2)3-7(4)6;/h3H,1-2H3;1H/q+1;/p-1. The summed E-state index contributed by atoms with van der Waals surface area (Å²) in [5.74, 6) is 0. The van der Waals surface area contributed by atoms with E-state index in [1.807, 2.05) is 0 Å². The van der Waals surface area contributed by atoms with Gasteiger partial charge in [0.15, 0.2) is 0 Å². The van der Waals surface area contributed by atoms with Gasteiger partial charge in [-0.15, -0.1) is 0 Å². The van der Waals surface area contributed by atoms with Crippen molar-refractivity contribution >= 4 is 26.2 Å². The van der Waals surface area contributed by atoms with Crippen molar-refractivity contribution < 1.29 is 21.2 Å². The van der Waals surface area contributed by atoms with Gasteiger partial charge in [0, 0.05) is 10.7 Å². The molecule has 0 heterocycles. The summed E-state index contributed by atoms with van der Waals surface area (Å²) in [6.45, 7) is 0. The Morgan fingerprint density at radius 1 is 1.62 bits per heavy atom. The van der Waals surface area contributed by atoms with Crippen molar-refractivity contribution in [3.63, 3.8) is 0 Å². The Kier molecular flexibility index (Phi) is 7.77. The summed E-state index contributed by atoms with van der Waals surface area (Å²) in [6, 6.07) is 0. The molecule has 0 saturated carbocycles. The molecule has 0 aliphatic heterocycles. The van der Waals surface area contributed by atoms with Crippen molar-refractivity contribution in [2.45, 2.75) is 0 Å². The minimum atomic E-state index is -1.32. The van der Waals surface area contributed by atoms with E-state index in [0.717, 1.165) is 0 Å². The zero-order valence-corrected chi connectivity index (χ0v) is 6.93. The van der Waals surface area contributed by atoms with E-state index >= 15 is 0 Å². The Morgan fingerprint density at radius 3 is 2.00 bits per heavy atom. The van der Waals surface area contributed by atoms with Gasteiger partial charge in [0.2, 0.25) is 15.6 Å². The van der Waals surface area contributed by atoms with Crippen LogP contribution >= 0.6 is 10.7 Å². The van der Waals surface area contributed by atoms with Crippen LogP contribution in [0.1, 0.15) is 0 Å². The Morgan fingerprint density at radius 2 is 2.00 bits per heavy atom. The molecule has 0 aromatic carbocycles. The molecule has 0 saturated heterocycles. The maximum Gasteiger partial charge on any atom is 0.243 e. The van der Waals surface area contributed by atoms with Crippen LogP contribution in [0.2, 0.25) is 0 Å². The van der Waals surface area contributed by atoms with Gasteiger partial charge in [-0.3, -0.25) is 0 Å². The lowest BCUT2D eigenvalue weighted by Crippen LogP contribution is -3.00. The first-order valence-corrected chi connectivity index (χ1v) is 3.75. The van der Waals surface area contributed by atoms with Crippen LogP contribution < -0.4 is 12.4 Å². The largest absolute Gasteiger partial charge is 1.00 e. The Labute approximate surface area is 61.9 Å². The van der Waals surface area contributed by atoms with Crippen LogP contribution in [0.4, 0.5) is 0 Å². The van der Waals surface area contributed by atoms with Gasteiger partial charge < -0.3 is 12.4 Å². The molecule has 0 aliphatic rings. The lowest BCUT2D eigenvalue weighted by atomic mass is 11.1. The second-order valence-electron chi connectivity index (χ2n) is 1.32. The SMILES string of the molecule is C[N+](C)=CS(=O)Cl.[Cl-]. The van der Waals surface area contributed by atoms with Gasteiger partial charge in [-0.2, -0.15) is 0 Å². The van der Waals surface area contributed by atoms with Crippen LogP contribution in [0.3, 0.4) is 0 Å². The number of halogens is 2. The average molecular weight is 176 g/mol. The van der Waals surface area contributed by atoms with Gasteiger partial charge in [0.1, 0.15) is 14.1 Å². The van der Waals surface area contributed by atoms with Crippen molar-refractivity contribution in [1.29, 1.82) is 0 Å². The van der Waals surface area contributed by atoms with Crippen LogP contribution in [-0.4, -0.2) is 28.4 Å². The zero-order chi connectivity index (χ0) is 5.86. The van der Waals surface area contributed by atoms with Crippen LogP contribution in [0.5, 0.6) is 0 Å². The van der Waals surface area contributed by atoms with Crippen molar-refractivity contribution in [2.24, 2.45) is 0 Å². The summed E-state index contributed by atoms with van der Waals surface area (Å²) in [5.41, 5.74) is 1.40. The lowest BCUT2D eigenvalue weighted by Gasteiger charge is -1.76. The highest BCUT2D eigenvalue weighted by molar-refractivity contribution is 8.18. The zero-order valence-electron chi connectivity index (χ0n) is 4.60. The van der Waals surface area contributed by atoms with Gasteiger partial charge in [-0.25, -0.2) is 8.78 Å². The molecular weight excluding hydrogens is 169 g/mol. The predicted octanol–water partition coefficient (Wildman–Crippen LogP) is -2.81. The number of hydrogen-bond acceptors (Lipinski definition) is 1. The fraction of sp³-hybridized carbons (Fsp3) is 0.667. The van der Waals surface area contributed by atoms with Gasteiger partial charge in [-0.1, -0.05) is 0 Å². The summed E-state index contributed by atoms with van der Waals surface area (Å²) in [7, 11) is 7.25. The molecule has 0 aromatic rings. The normalized spacial score (nSPS) is 11.4. The molecule has 8 heavy (non-hydrogen) atoms. The summed E-state index contributed by atoms with van der Waals surface area (Å²) in [4.78, 5) is 0. The molecule has 50 valence electrons. The third kappa shape index (κ3) is 9.64. The molecule has 1 unspecified atom stereocenters. The van der Waals surface area contributed by atoms with E-state index < -0.39 is 10.0 Å². The van der Waals surface area contributed by atoms with Crippen molar-refractivity contribution in [3.05, 3.63) is 0 Å². The number of hydrogen-bond donors (Lipinski definition) is 0. The molecule has 0 radical (unpaired) electrons. The molecule has 0 rings (SSSR count). The molecule has 0 aromatic heterocycles. The van der Waals surface area contributed by atoms with Gasteiger partial charge in [0.25, 0.3) is 0 Å². The van der Waals surface area contributed by atoms with Crippen molar-refractivity contribution in [3.8, 4) is 0 Å². The highest BCUT2D eigenvalue weighted by Crippen LogP contribution is 1.78. The highest BCUT2D eigenvalue weighted by atomic mass is 35.7. The van der Waals surface area contributed by atoms with Gasteiger partial charge >= 0.3 is 0 Å². The maximum atomic E-state index is 10.0. The molecule has 2 nitrogen and oxygen atoms in total. The van der Waals surface area contributed by atoms with Gasteiger partial charge in [0.05, 0.1) is 0 Å². The summed E-state index contributed by atoms with van der Waals surface area (Å²) >= 11 is 0. The van der Waals surface area contributed by atoms with E-state index in [-0.39, 0.29) is 12.4 Å². The molecule has 0 spiro atoms. The molecule has 0 fully saturated rings. The number of rotatable bonds is 1. The lowest BCUT2D eigenvalue weighted by molar-refractivity contribution is -0.456. The quantitative estimate of drug-likeness (QED) is 0.183. The van der Waals surface area contributed by atoms with E-state index in [4.69, 9.17) is 10.7 Å². The van der Waals surface area contributed by atoms with E-state index in [0.29, 0.717) is 0 Å². The molecule has 0 N–H and O–H groups in total. The van der Waals surface area contributed by atoms with Crippen molar-refractivity contribution in [1.82, 2.24) is 0 Å². The molecule has 0 amide bonds. The fourth-order valence-electron chi connectivity index (χ4n) is 0.166. The smallest absolute Gasteiger partial charge is 0.243 e. The van der Waals surface area contributed by atoms with Crippen LogP contribution in [0, 0.1) is 0 Å². The van der Waals surface area contributed by atoms with E-state index in [9.17, 15) is 4.21 Å². The monoisotopic (exact) mass is 175 g/mol. The van der Waals surface area contributed by atoms with Gasteiger partial charge in [-0.05, 0) is 0 Å². The molecule has 0 bridgehead atoms. The second kappa shape index (κ2) is 5.54. The number of nitrogens with zero attached hydrogens (tertiary/aromatic N) is 1. The first-order valence-electron chi connectivity index (χ1n) is 1.71. The van der Waals surface area contributed by atoms with E-state index in [1.54, 1.807) is 18.7 Å². The Bertz CT molecular complexity index is 110. The summed E-state index contributed by atoms with van der Waals surface area (Å²) < 4.78 is 11.7. The predicted molar refractivity (Wildman–Crippen MR) is 32.2 cm³/mol. The van der Waals surface area contributed by atoms with Crippen LogP contribution in [0.25, 0.3) is 0 Å². The third-order valence-electron chi connectivity index (χ3n) is 0.294. The topological polar surface area (TPSA) is 20.1 Å². The Hall–Kier alpha value is 0.400. The maximum absolute atomic E-state index is 10.0. The minimum Gasteiger partial charge on any atom is -1.00 e. The molecule has 5 heteroatoms. The third-order valence-corrected chi connectivity index (χ3v) is 1.12. The first-order chi connectivity index (χ1) is 3.13. The summed E-state index contributed by atoms with van der Waals surface area (Å²) in [5, 5.41) is 0. The van der Waals surface area contributed by atoms with E-state index in [2.05, 4.69) is 0 Å². The minimum absolute atomic E-state index is 0. The van der Waals surface area contributed by atoms with Crippen LogP contribution in [-0.2, 0) is 10.0 Å². The second-order valence-corrected chi connectivity index (χ2v) is 2.94. The highest BCUT2D eigenvalue weighted by Gasteiger charge is 1.88. The summed E-state index contributed by atoms with van der Waals surface area (Å²) in [6.07, 6.45) is 0.